The Morgan fingerprint density at radius 1 is 1.36 bits per heavy atom. The number of benzene rings is 1. The van der Waals surface area contributed by atoms with E-state index in [9.17, 15) is 4.79 Å². The minimum absolute atomic E-state index is 0.00490. The highest BCUT2D eigenvalue weighted by molar-refractivity contribution is 5.85. The molecule has 2 atom stereocenters. The molecule has 1 aromatic carbocycles. The first-order valence-corrected chi connectivity index (χ1v) is 8.67. The van der Waals surface area contributed by atoms with Gasteiger partial charge in [-0.3, -0.25) is 4.79 Å². The molecule has 132 valence electrons. The van der Waals surface area contributed by atoms with Crippen LogP contribution in [0.4, 0.5) is 5.95 Å². The number of carbonyl (C=O) groups excluding carboxylic acids is 1. The van der Waals surface area contributed by atoms with E-state index in [1.807, 2.05) is 43.0 Å². The number of hydrogen-bond donors (Lipinski definition) is 1. The van der Waals surface area contributed by atoms with E-state index in [1.54, 1.807) is 18.5 Å². The predicted molar refractivity (Wildman–Crippen MR) is 96.7 cm³/mol. The monoisotopic (exact) mass is 340 g/mol. The van der Waals surface area contributed by atoms with E-state index in [4.69, 9.17) is 4.74 Å². The Bertz CT molecular complexity index is 708. The second-order valence-corrected chi connectivity index (χ2v) is 6.44. The molecule has 0 radical (unpaired) electrons. The van der Waals surface area contributed by atoms with Gasteiger partial charge in [0.15, 0.2) is 0 Å². The number of carbonyl (C=O) groups is 1. The Morgan fingerprint density at radius 2 is 2.16 bits per heavy atom. The van der Waals surface area contributed by atoms with Crippen LogP contribution in [0.3, 0.4) is 0 Å². The zero-order valence-electron chi connectivity index (χ0n) is 14.7. The topological polar surface area (TPSA) is 67.3 Å². The number of amides is 1. The number of nitrogens with one attached hydrogen (secondary N) is 1. The van der Waals surface area contributed by atoms with E-state index in [0.29, 0.717) is 12.6 Å². The molecular formula is C19H24N4O2. The molecule has 2 unspecified atom stereocenters. The van der Waals surface area contributed by atoms with Crippen molar-refractivity contribution in [2.75, 3.05) is 18.1 Å². The molecule has 1 fully saturated rings. The number of nitrogens with zero attached hydrogens (tertiary/aromatic N) is 3. The molecule has 0 spiro atoms. The maximum atomic E-state index is 12.6. The van der Waals surface area contributed by atoms with Crippen molar-refractivity contribution in [1.82, 2.24) is 15.3 Å². The third-order valence-corrected chi connectivity index (χ3v) is 4.24. The minimum atomic E-state index is -0.219. The number of anilines is 1. The Kier molecular flexibility index (Phi) is 5.48. The van der Waals surface area contributed by atoms with Gasteiger partial charge in [-0.05, 0) is 50.5 Å². The van der Waals surface area contributed by atoms with Gasteiger partial charge in [0, 0.05) is 18.9 Å². The number of hydrogen-bond acceptors (Lipinski definition) is 5. The fraction of sp³-hybridized carbons (Fsp3) is 0.421. The summed E-state index contributed by atoms with van der Waals surface area (Å²) in [5, 5.41) is 3.05. The van der Waals surface area contributed by atoms with Crippen LogP contribution < -0.4 is 15.0 Å². The summed E-state index contributed by atoms with van der Waals surface area (Å²) >= 11 is 0. The van der Waals surface area contributed by atoms with Crippen molar-refractivity contribution in [3.05, 3.63) is 48.3 Å². The van der Waals surface area contributed by atoms with Crippen LogP contribution >= 0.6 is 0 Å². The molecule has 0 saturated carbocycles. The summed E-state index contributed by atoms with van der Waals surface area (Å²) in [6, 6.07) is 9.38. The van der Waals surface area contributed by atoms with Crippen LogP contribution in [0.1, 0.15) is 25.3 Å². The minimum Gasteiger partial charge on any atom is -0.491 e. The molecule has 1 saturated heterocycles. The van der Waals surface area contributed by atoms with Crippen LogP contribution in [0.25, 0.3) is 0 Å². The van der Waals surface area contributed by atoms with Crippen LogP contribution in [0.5, 0.6) is 5.75 Å². The second kappa shape index (κ2) is 7.96. The first kappa shape index (κ1) is 17.2. The molecule has 2 heterocycles. The lowest BCUT2D eigenvalue weighted by Gasteiger charge is -2.25. The molecule has 25 heavy (non-hydrogen) atoms. The van der Waals surface area contributed by atoms with Crippen molar-refractivity contribution in [3.63, 3.8) is 0 Å². The zero-order chi connectivity index (χ0) is 17.6. The standard InChI is InChI=1S/C19H24N4O2/c1-14-6-3-7-16(12-14)25-13-15(2)22-18(24)17-8-4-11-23(17)19-20-9-5-10-21-19/h3,5-7,9-10,12,15,17H,4,8,11,13H2,1-2H3,(H,22,24). The summed E-state index contributed by atoms with van der Waals surface area (Å²) in [5.74, 6) is 1.44. The molecule has 1 aromatic heterocycles. The van der Waals surface area contributed by atoms with Crippen molar-refractivity contribution in [1.29, 1.82) is 0 Å². The van der Waals surface area contributed by atoms with Crippen molar-refractivity contribution < 1.29 is 9.53 Å². The lowest BCUT2D eigenvalue weighted by atomic mass is 10.2. The third kappa shape index (κ3) is 4.47. The Balaban J connectivity index is 1.54. The van der Waals surface area contributed by atoms with Gasteiger partial charge in [-0.1, -0.05) is 12.1 Å². The summed E-state index contributed by atoms with van der Waals surface area (Å²) in [6.45, 7) is 5.21. The summed E-state index contributed by atoms with van der Waals surface area (Å²) < 4.78 is 5.77. The number of rotatable bonds is 6. The third-order valence-electron chi connectivity index (χ3n) is 4.24. The molecule has 6 nitrogen and oxygen atoms in total. The van der Waals surface area contributed by atoms with Gasteiger partial charge < -0.3 is 15.0 Å². The van der Waals surface area contributed by atoms with E-state index in [0.717, 1.165) is 30.7 Å². The highest BCUT2D eigenvalue weighted by Crippen LogP contribution is 2.22. The normalized spacial score (nSPS) is 18.0. The smallest absolute Gasteiger partial charge is 0.243 e. The summed E-state index contributed by atoms with van der Waals surface area (Å²) in [4.78, 5) is 23.2. The maximum absolute atomic E-state index is 12.6. The van der Waals surface area contributed by atoms with E-state index < -0.39 is 0 Å². The molecule has 1 N–H and O–H groups in total. The Morgan fingerprint density at radius 3 is 2.92 bits per heavy atom. The molecule has 1 aliphatic rings. The van der Waals surface area contributed by atoms with E-state index in [1.165, 1.54) is 0 Å². The highest BCUT2D eigenvalue weighted by Gasteiger charge is 2.32. The molecular weight excluding hydrogens is 316 g/mol. The molecule has 0 bridgehead atoms. The summed E-state index contributed by atoms with van der Waals surface area (Å²) in [7, 11) is 0. The van der Waals surface area contributed by atoms with Gasteiger partial charge in [-0.25, -0.2) is 9.97 Å². The van der Waals surface area contributed by atoms with Crippen molar-refractivity contribution in [2.45, 2.75) is 38.8 Å². The van der Waals surface area contributed by atoms with E-state index in [2.05, 4.69) is 15.3 Å². The highest BCUT2D eigenvalue weighted by atomic mass is 16.5. The van der Waals surface area contributed by atoms with Crippen LogP contribution in [-0.2, 0) is 4.79 Å². The second-order valence-electron chi connectivity index (χ2n) is 6.44. The molecule has 1 aliphatic heterocycles. The fourth-order valence-corrected chi connectivity index (χ4v) is 3.03. The largest absolute Gasteiger partial charge is 0.491 e. The fourth-order valence-electron chi connectivity index (χ4n) is 3.03. The van der Waals surface area contributed by atoms with Crippen LogP contribution in [0.15, 0.2) is 42.7 Å². The molecule has 6 heteroatoms. The van der Waals surface area contributed by atoms with Crippen LogP contribution in [0.2, 0.25) is 0 Å². The van der Waals surface area contributed by atoms with Crippen molar-refractivity contribution >= 4 is 11.9 Å². The molecule has 0 aliphatic carbocycles. The lowest BCUT2D eigenvalue weighted by molar-refractivity contribution is -0.123. The number of aryl methyl sites for hydroxylation is 1. The predicted octanol–water partition coefficient (Wildman–Crippen LogP) is 2.34. The average molecular weight is 340 g/mol. The quantitative estimate of drug-likeness (QED) is 0.874. The van der Waals surface area contributed by atoms with Crippen molar-refractivity contribution in [3.8, 4) is 5.75 Å². The van der Waals surface area contributed by atoms with Gasteiger partial charge in [0.2, 0.25) is 11.9 Å². The number of aromatic nitrogens is 2. The van der Waals surface area contributed by atoms with Gasteiger partial charge in [-0.15, -0.1) is 0 Å². The zero-order valence-corrected chi connectivity index (χ0v) is 14.7. The first-order chi connectivity index (χ1) is 12.1. The van der Waals surface area contributed by atoms with Gasteiger partial charge in [0.05, 0.1) is 6.04 Å². The lowest BCUT2D eigenvalue weighted by Crippen LogP contribution is -2.48. The van der Waals surface area contributed by atoms with Crippen molar-refractivity contribution in [2.24, 2.45) is 0 Å². The van der Waals surface area contributed by atoms with Gasteiger partial charge in [0.1, 0.15) is 18.4 Å². The number of ether oxygens (including phenoxy) is 1. The van der Waals surface area contributed by atoms with Gasteiger partial charge in [-0.2, -0.15) is 0 Å². The van der Waals surface area contributed by atoms with Crippen LogP contribution in [-0.4, -0.2) is 41.1 Å². The van der Waals surface area contributed by atoms with E-state index >= 15 is 0 Å². The molecule has 1 amide bonds. The molecule has 2 aromatic rings. The Labute approximate surface area is 148 Å². The Hall–Kier alpha value is -2.63. The average Bonchev–Trinajstić information content (AvgIpc) is 3.11. The van der Waals surface area contributed by atoms with Crippen LogP contribution in [0, 0.1) is 6.92 Å². The SMILES string of the molecule is Cc1cccc(OCC(C)NC(=O)C2CCCN2c2ncccn2)c1. The van der Waals surface area contributed by atoms with E-state index in [-0.39, 0.29) is 18.0 Å². The maximum Gasteiger partial charge on any atom is 0.243 e. The van der Waals surface area contributed by atoms with Gasteiger partial charge in [0.25, 0.3) is 0 Å². The molecule has 3 rings (SSSR count). The first-order valence-electron chi connectivity index (χ1n) is 8.67. The summed E-state index contributed by atoms with van der Waals surface area (Å²) in [6.07, 6.45) is 5.18. The van der Waals surface area contributed by atoms with Gasteiger partial charge >= 0.3 is 0 Å². The summed E-state index contributed by atoms with van der Waals surface area (Å²) in [5.41, 5.74) is 1.15.